The van der Waals surface area contributed by atoms with Gasteiger partial charge in [0, 0.05) is 17.3 Å². The van der Waals surface area contributed by atoms with Crippen LogP contribution in [0, 0.1) is 0 Å². The van der Waals surface area contributed by atoms with Crippen LogP contribution >= 0.6 is 11.6 Å². The molecule has 1 heterocycles. The quantitative estimate of drug-likeness (QED) is 0.294. The maximum absolute atomic E-state index is 13.3. The summed E-state index contributed by atoms with van der Waals surface area (Å²) >= 11 is 5.96. The second kappa shape index (κ2) is 12.1. The molecule has 16 heteroatoms. The normalized spacial score (nSPS) is 12.1. The molecule has 3 rings (SSSR count). The van der Waals surface area contributed by atoms with Crippen LogP contribution in [0.2, 0.25) is 5.02 Å². The van der Waals surface area contributed by atoms with E-state index in [0.29, 0.717) is 16.3 Å². The van der Waals surface area contributed by atoms with Crippen LogP contribution in [0.1, 0.15) is 37.7 Å². The molecule has 0 fully saturated rings. The van der Waals surface area contributed by atoms with E-state index in [1.54, 1.807) is 37.6 Å². The maximum atomic E-state index is 13.3. The number of urea groups is 1. The molecule has 0 spiro atoms. The molecule has 0 radical (unpaired) electrons. The molecule has 0 bridgehead atoms. The van der Waals surface area contributed by atoms with Gasteiger partial charge in [-0.25, -0.2) is 19.0 Å². The van der Waals surface area contributed by atoms with Crippen LogP contribution in [-0.4, -0.2) is 35.9 Å². The summed E-state index contributed by atoms with van der Waals surface area (Å²) in [5, 5.41) is 8.92. The maximum Gasteiger partial charge on any atom is 0.435 e. The third-order valence-corrected chi connectivity index (χ3v) is 6.05. The van der Waals surface area contributed by atoms with Crippen molar-refractivity contribution in [3.05, 3.63) is 76.6 Å². The van der Waals surface area contributed by atoms with Gasteiger partial charge in [-0.05, 0) is 62.7 Å². The monoisotopic (exact) mass is 602 g/mol. The van der Waals surface area contributed by atoms with Gasteiger partial charge in [0.2, 0.25) is 0 Å². The zero-order valence-electron chi connectivity index (χ0n) is 21.5. The molecule has 4 N–H and O–H groups in total. The van der Waals surface area contributed by atoms with Crippen LogP contribution in [-0.2, 0) is 34.2 Å². The molecule has 40 heavy (non-hydrogen) atoms. The highest BCUT2D eigenvalue weighted by molar-refractivity contribution is 7.88. The number of nitrogens with zero attached hydrogens (tertiary/aromatic N) is 2. The van der Waals surface area contributed by atoms with Crippen molar-refractivity contribution in [1.82, 2.24) is 24.5 Å². The lowest BCUT2D eigenvalue weighted by Crippen LogP contribution is -2.42. The van der Waals surface area contributed by atoms with Crippen LogP contribution < -0.4 is 20.1 Å². The Bertz CT molecular complexity index is 1470. The number of amides is 3. The molecular weight excluding hydrogens is 577 g/mol. The SMILES string of the molecule is CC(C)(C)OC(=O)NS(=O)(=O)NCc1ccc(NC(=O)NCc2cc(C(F)(F)F)nn2-c2cccc(Cl)c2)cc1. The molecule has 0 aliphatic heterocycles. The summed E-state index contributed by atoms with van der Waals surface area (Å²) in [7, 11) is -4.19. The Labute approximate surface area is 233 Å². The zero-order chi connectivity index (χ0) is 29.7. The van der Waals surface area contributed by atoms with Crippen LogP contribution in [0.4, 0.5) is 28.4 Å². The number of ether oxygens (including phenoxy) is 1. The van der Waals surface area contributed by atoms with Gasteiger partial charge < -0.3 is 15.4 Å². The summed E-state index contributed by atoms with van der Waals surface area (Å²) < 4.78 is 73.7. The molecule has 3 aromatic rings. The number of hydrogen-bond donors (Lipinski definition) is 4. The minimum absolute atomic E-state index is 0.0624. The second-order valence-corrected chi connectivity index (χ2v) is 11.3. The summed E-state index contributed by atoms with van der Waals surface area (Å²) in [6.45, 7) is 4.30. The van der Waals surface area contributed by atoms with Crippen molar-refractivity contribution in [3.63, 3.8) is 0 Å². The number of hydrogen-bond acceptors (Lipinski definition) is 6. The van der Waals surface area contributed by atoms with Gasteiger partial charge >= 0.3 is 28.5 Å². The smallest absolute Gasteiger partial charge is 0.435 e. The Hall–Kier alpha value is -3.82. The Balaban J connectivity index is 1.57. The first-order chi connectivity index (χ1) is 18.5. The minimum Gasteiger partial charge on any atom is -0.443 e. The van der Waals surface area contributed by atoms with Gasteiger partial charge in [0.15, 0.2) is 5.69 Å². The predicted octanol–water partition coefficient (Wildman–Crippen LogP) is 4.73. The highest BCUT2D eigenvalue weighted by atomic mass is 35.5. The number of halogens is 4. The minimum atomic E-state index is -4.69. The fourth-order valence-electron chi connectivity index (χ4n) is 3.19. The highest BCUT2D eigenvalue weighted by Gasteiger charge is 2.35. The number of alkyl halides is 3. The summed E-state index contributed by atoms with van der Waals surface area (Å²) in [4.78, 5) is 24.1. The molecular formula is C24H26ClF3N6O5S. The average Bonchev–Trinajstić information content (AvgIpc) is 3.26. The first kappa shape index (κ1) is 30.7. The van der Waals surface area contributed by atoms with Crippen molar-refractivity contribution in [3.8, 4) is 5.69 Å². The molecule has 1 aromatic heterocycles. The highest BCUT2D eigenvalue weighted by Crippen LogP contribution is 2.30. The number of carbonyl (C=O) groups excluding carboxylic acids is 2. The number of nitrogens with one attached hydrogen (secondary N) is 4. The molecule has 0 atom stereocenters. The van der Waals surface area contributed by atoms with E-state index in [1.807, 2.05) is 0 Å². The Kier molecular flexibility index (Phi) is 9.32. The van der Waals surface area contributed by atoms with Crippen LogP contribution in [0.15, 0.2) is 54.6 Å². The van der Waals surface area contributed by atoms with Crippen LogP contribution in [0.25, 0.3) is 5.69 Å². The Morgan fingerprint density at radius 3 is 2.30 bits per heavy atom. The Morgan fingerprint density at radius 1 is 1.02 bits per heavy atom. The molecule has 0 aliphatic rings. The predicted molar refractivity (Wildman–Crippen MR) is 141 cm³/mol. The summed E-state index contributed by atoms with van der Waals surface area (Å²) in [5.41, 5.74) is -0.823. The number of rotatable bonds is 8. The lowest BCUT2D eigenvalue weighted by atomic mass is 10.2. The largest absolute Gasteiger partial charge is 0.443 e. The summed E-state index contributed by atoms with van der Waals surface area (Å²) in [5.74, 6) is 0. The van der Waals surface area contributed by atoms with E-state index in [0.717, 1.165) is 10.7 Å². The molecule has 216 valence electrons. The number of anilines is 1. The lowest BCUT2D eigenvalue weighted by molar-refractivity contribution is -0.141. The van der Waals surface area contributed by atoms with Crippen molar-refractivity contribution in [2.45, 2.75) is 45.6 Å². The van der Waals surface area contributed by atoms with Crippen molar-refractivity contribution in [1.29, 1.82) is 0 Å². The van der Waals surface area contributed by atoms with Gasteiger partial charge in [-0.1, -0.05) is 29.8 Å². The van der Waals surface area contributed by atoms with Crippen molar-refractivity contribution in [2.75, 3.05) is 5.32 Å². The summed E-state index contributed by atoms with van der Waals surface area (Å²) in [6, 6.07) is 12.2. The van der Waals surface area contributed by atoms with Crippen LogP contribution in [0.5, 0.6) is 0 Å². The van der Waals surface area contributed by atoms with E-state index >= 15 is 0 Å². The van der Waals surface area contributed by atoms with Crippen molar-refractivity contribution in [2.24, 2.45) is 0 Å². The molecule has 0 saturated carbocycles. The van der Waals surface area contributed by atoms with Gasteiger partial charge in [0.25, 0.3) is 0 Å². The second-order valence-electron chi connectivity index (χ2n) is 9.34. The van der Waals surface area contributed by atoms with E-state index in [-0.39, 0.29) is 24.5 Å². The standard InChI is InChI=1S/C24H26ClF3N6O5S/c1-23(2,3)39-22(36)33-40(37,38)30-13-15-7-9-17(10-8-15)31-21(35)29-14-19-12-20(24(26,27)28)32-34(19)18-6-4-5-16(25)11-18/h4-12,30H,13-14H2,1-3H3,(H,33,36)(H2,29,31,35). The number of aromatic nitrogens is 2. The fraction of sp³-hybridized carbons (Fsp3) is 0.292. The Morgan fingerprint density at radius 2 is 1.70 bits per heavy atom. The first-order valence-electron chi connectivity index (χ1n) is 11.6. The molecule has 2 aromatic carbocycles. The van der Waals surface area contributed by atoms with Gasteiger partial charge in [-0.3, -0.25) is 0 Å². The first-order valence-corrected chi connectivity index (χ1v) is 13.4. The summed E-state index contributed by atoms with van der Waals surface area (Å²) in [6.07, 6.45) is -5.82. The third-order valence-electron chi connectivity index (χ3n) is 4.85. The number of benzene rings is 2. The molecule has 0 aliphatic carbocycles. The van der Waals surface area contributed by atoms with E-state index in [4.69, 9.17) is 16.3 Å². The van der Waals surface area contributed by atoms with E-state index in [2.05, 4.69) is 20.5 Å². The topological polar surface area (TPSA) is 143 Å². The molecule has 0 unspecified atom stereocenters. The zero-order valence-corrected chi connectivity index (χ0v) is 23.0. The van der Waals surface area contributed by atoms with Gasteiger partial charge in [0.05, 0.1) is 17.9 Å². The van der Waals surface area contributed by atoms with E-state index in [9.17, 15) is 31.2 Å². The van der Waals surface area contributed by atoms with Gasteiger partial charge in [-0.2, -0.15) is 31.4 Å². The molecule has 11 nitrogen and oxygen atoms in total. The van der Waals surface area contributed by atoms with E-state index < -0.39 is 39.8 Å². The number of carbonyl (C=O) groups is 2. The molecule has 3 amide bonds. The molecule has 0 saturated heterocycles. The van der Waals surface area contributed by atoms with Gasteiger partial charge in [-0.15, -0.1) is 0 Å². The lowest BCUT2D eigenvalue weighted by Gasteiger charge is -2.19. The van der Waals surface area contributed by atoms with Crippen molar-refractivity contribution >= 4 is 39.6 Å². The van der Waals surface area contributed by atoms with Crippen LogP contribution in [0.3, 0.4) is 0 Å². The third kappa shape index (κ3) is 9.43. The van der Waals surface area contributed by atoms with E-state index in [1.165, 1.54) is 36.4 Å². The average molecular weight is 603 g/mol. The fourth-order valence-corrected chi connectivity index (χ4v) is 4.07. The van der Waals surface area contributed by atoms with Gasteiger partial charge in [0.1, 0.15) is 5.60 Å². The van der Waals surface area contributed by atoms with Crippen molar-refractivity contribution < 1.29 is 35.9 Å².